The van der Waals surface area contributed by atoms with Gasteiger partial charge in [0.2, 0.25) is 0 Å². The molecule has 2 amide bonds. The number of fused-ring (bicyclic) bond motifs is 2. The second-order valence-electron chi connectivity index (χ2n) is 17.7. The lowest BCUT2D eigenvalue weighted by Crippen LogP contribution is -2.38. The zero-order chi connectivity index (χ0) is 36.8. The van der Waals surface area contributed by atoms with E-state index in [1.165, 1.54) is 0 Å². The molecule has 10 nitrogen and oxygen atoms in total. The summed E-state index contributed by atoms with van der Waals surface area (Å²) in [5.74, 6) is 8.14. The number of amides is 2. The highest BCUT2D eigenvalue weighted by molar-refractivity contribution is 5.72. The van der Waals surface area contributed by atoms with Crippen LogP contribution in [0.2, 0.25) is 0 Å². The number of aromatic nitrogens is 4. The number of imidazole rings is 2. The Hall–Kier alpha value is -5.04. The predicted molar refractivity (Wildman–Crippen MR) is 198 cm³/mol. The Kier molecular flexibility index (Phi) is 7.69. The van der Waals surface area contributed by atoms with E-state index >= 15 is 0 Å². The van der Waals surface area contributed by atoms with Gasteiger partial charge in [0, 0.05) is 23.2 Å². The number of nitrogens with one attached hydrogen (secondary N) is 2. The Bertz CT molecular complexity index is 1940. The van der Waals surface area contributed by atoms with Crippen LogP contribution in [-0.4, -0.2) is 65.2 Å². The number of rotatable bonds is 4. The quantitative estimate of drug-likeness (QED) is 0.206. The molecule has 0 bridgehead atoms. The molecule has 2 aromatic carbocycles. The molecule has 4 heterocycles. The first kappa shape index (κ1) is 34.1. The van der Waals surface area contributed by atoms with E-state index < -0.39 is 11.2 Å². The van der Waals surface area contributed by atoms with Crippen LogP contribution < -0.4 is 0 Å². The average Bonchev–Trinajstić information content (AvgIpc) is 3.54. The number of ether oxygens (including phenoxy) is 2. The normalized spacial score (nSPS) is 27.4. The standard InChI is InChI=1S/C42H48N6O4/c1-39(2,3)51-37(49)47-31(19-41(7)21-33(41)47)35-43-23-29(45-35)27-15-11-25(12-16-27)9-10-26-13-17-28(18-14-26)30-24-44-36(46-30)32-20-42(8)22-34(42)48(32)38(50)52-40(4,5)6/h11-18,23-24,31-34H,19-22H2,1-8H3,(H,43,45)(H,44,46). The topological polar surface area (TPSA) is 116 Å². The summed E-state index contributed by atoms with van der Waals surface area (Å²) in [6.45, 7) is 15.9. The molecule has 8 rings (SSSR count). The third-order valence-corrected chi connectivity index (χ3v) is 11.0. The Morgan fingerprint density at radius 1 is 0.654 bits per heavy atom. The number of benzene rings is 2. The third-order valence-electron chi connectivity index (χ3n) is 11.0. The number of hydrogen-bond acceptors (Lipinski definition) is 6. The van der Waals surface area contributed by atoms with Gasteiger partial charge in [-0.25, -0.2) is 19.6 Å². The second-order valence-corrected chi connectivity index (χ2v) is 17.7. The van der Waals surface area contributed by atoms with Crippen LogP contribution in [-0.2, 0) is 9.47 Å². The summed E-state index contributed by atoms with van der Waals surface area (Å²) in [5.41, 5.74) is 4.77. The first-order valence-corrected chi connectivity index (χ1v) is 18.3. The van der Waals surface area contributed by atoms with Crippen molar-refractivity contribution < 1.29 is 19.1 Å². The maximum Gasteiger partial charge on any atom is 0.411 e. The molecule has 6 atom stereocenters. The van der Waals surface area contributed by atoms with E-state index in [4.69, 9.17) is 19.4 Å². The highest BCUT2D eigenvalue weighted by Crippen LogP contribution is 2.64. The molecule has 10 heteroatoms. The Morgan fingerprint density at radius 2 is 1.02 bits per heavy atom. The van der Waals surface area contributed by atoms with Gasteiger partial charge in [0.05, 0.1) is 35.9 Å². The Balaban J connectivity index is 0.915. The highest BCUT2D eigenvalue weighted by atomic mass is 16.6. The van der Waals surface area contributed by atoms with Crippen molar-refractivity contribution in [2.45, 2.75) is 116 Å². The number of nitrogens with zero attached hydrogens (tertiary/aromatic N) is 4. The molecule has 2 aromatic heterocycles. The zero-order valence-electron chi connectivity index (χ0n) is 31.3. The molecular weight excluding hydrogens is 652 g/mol. The monoisotopic (exact) mass is 700 g/mol. The number of piperidine rings is 2. The molecule has 4 aromatic rings. The predicted octanol–water partition coefficient (Wildman–Crippen LogP) is 8.79. The van der Waals surface area contributed by atoms with Crippen molar-refractivity contribution in [2.24, 2.45) is 10.8 Å². The third kappa shape index (κ3) is 6.46. The van der Waals surface area contributed by atoms with Crippen molar-refractivity contribution >= 4 is 12.2 Å². The maximum absolute atomic E-state index is 13.1. The fourth-order valence-electron chi connectivity index (χ4n) is 8.10. The van der Waals surface area contributed by atoms with Crippen LogP contribution in [0.25, 0.3) is 22.5 Å². The Labute approximate surface area is 305 Å². The number of H-pyrrole nitrogens is 2. The van der Waals surface area contributed by atoms with Crippen LogP contribution in [0.5, 0.6) is 0 Å². The zero-order valence-corrected chi connectivity index (χ0v) is 31.3. The highest BCUT2D eigenvalue weighted by Gasteiger charge is 2.65. The van der Waals surface area contributed by atoms with Gasteiger partial charge in [-0.1, -0.05) is 50.0 Å². The van der Waals surface area contributed by atoms with Crippen molar-refractivity contribution in [3.8, 4) is 34.4 Å². The molecule has 2 saturated heterocycles. The van der Waals surface area contributed by atoms with Crippen LogP contribution in [0, 0.1) is 22.7 Å². The summed E-state index contributed by atoms with van der Waals surface area (Å²) >= 11 is 0. The molecule has 6 unspecified atom stereocenters. The van der Waals surface area contributed by atoms with Crippen LogP contribution in [0.3, 0.4) is 0 Å². The van der Waals surface area contributed by atoms with Crippen molar-refractivity contribution in [1.29, 1.82) is 0 Å². The average molecular weight is 701 g/mol. The van der Waals surface area contributed by atoms with Crippen LogP contribution in [0.15, 0.2) is 60.9 Å². The van der Waals surface area contributed by atoms with Gasteiger partial charge < -0.3 is 19.4 Å². The van der Waals surface area contributed by atoms with E-state index in [0.717, 1.165) is 71.0 Å². The lowest BCUT2D eigenvalue weighted by atomic mass is 10.0. The summed E-state index contributed by atoms with van der Waals surface area (Å²) in [6, 6.07) is 16.3. The summed E-state index contributed by atoms with van der Waals surface area (Å²) in [4.78, 5) is 46.5. The number of likely N-dealkylation sites (tertiary alicyclic amines) is 2. The van der Waals surface area contributed by atoms with E-state index in [9.17, 15) is 9.59 Å². The van der Waals surface area contributed by atoms with E-state index in [1.807, 2.05) is 112 Å². The molecule has 2 N–H and O–H groups in total. The number of aromatic amines is 2. The molecule has 2 saturated carbocycles. The van der Waals surface area contributed by atoms with Gasteiger partial charge in [0.15, 0.2) is 0 Å². The van der Waals surface area contributed by atoms with Gasteiger partial charge in [0.25, 0.3) is 0 Å². The number of carbonyl (C=O) groups excluding carboxylic acids is 2. The van der Waals surface area contributed by atoms with E-state index in [2.05, 4.69) is 35.7 Å². The van der Waals surface area contributed by atoms with Gasteiger partial charge in [-0.05, 0) is 113 Å². The largest absolute Gasteiger partial charge is 0.444 e. The molecule has 4 fully saturated rings. The molecule has 270 valence electrons. The van der Waals surface area contributed by atoms with Gasteiger partial charge >= 0.3 is 12.2 Å². The van der Waals surface area contributed by atoms with Crippen molar-refractivity contribution in [3.05, 3.63) is 83.7 Å². The summed E-state index contributed by atoms with van der Waals surface area (Å²) in [6.07, 6.45) is 6.90. The Morgan fingerprint density at radius 3 is 1.37 bits per heavy atom. The number of carbonyl (C=O) groups is 2. The van der Waals surface area contributed by atoms with Crippen LogP contribution >= 0.6 is 0 Å². The number of hydrogen-bond donors (Lipinski definition) is 2. The molecule has 0 radical (unpaired) electrons. The lowest BCUT2D eigenvalue weighted by molar-refractivity contribution is 0.0164. The second kappa shape index (κ2) is 11.7. The summed E-state index contributed by atoms with van der Waals surface area (Å²) in [7, 11) is 0. The molecule has 2 aliphatic heterocycles. The maximum atomic E-state index is 13.1. The lowest BCUT2D eigenvalue weighted by Gasteiger charge is -2.29. The van der Waals surface area contributed by atoms with Gasteiger partial charge in [-0.15, -0.1) is 0 Å². The van der Waals surface area contributed by atoms with Crippen molar-refractivity contribution in [3.63, 3.8) is 0 Å². The summed E-state index contributed by atoms with van der Waals surface area (Å²) < 4.78 is 11.5. The van der Waals surface area contributed by atoms with E-state index in [-0.39, 0.29) is 47.2 Å². The van der Waals surface area contributed by atoms with E-state index in [1.54, 1.807) is 0 Å². The van der Waals surface area contributed by atoms with Crippen molar-refractivity contribution in [1.82, 2.24) is 29.7 Å². The summed E-state index contributed by atoms with van der Waals surface area (Å²) in [5, 5.41) is 0. The SMILES string of the molecule is CC(C)(C)OC(=O)N1C(c2ncc(-c3ccc(C#Cc4ccc(-c5cnc(C6CC7(C)CC7N6C(=O)OC(C)(C)C)[nH]5)cc4)cc3)[nH]2)CC2(C)CC12. The van der Waals surface area contributed by atoms with Gasteiger partial charge in [0.1, 0.15) is 22.9 Å². The van der Waals surface area contributed by atoms with Gasteiger partial charge in [-0.3, -0.25) is 9.80 Å². The van der Waals surface area contributed by atoms with E-state index in [0.29, 0.717) is 0 Å². The first-order chi connectivity index (χ1) is 24.5. The fraction of sp³-hybridized carbons (Fsp3) is 0.476. The van der Waals surface area contributed by atoms with Crippen LogP contribution in [0.4, 0.5) is 9.59 Å². The smallest absolute Gasteiger partial charge is 0.411 e. The minimum absolute atomic E-state index is 0.124. The minimum atomic E-state index is -0.549. The fourth-order valence-corrected chi connectivity index (χ4v) is 8.10. The molecule has 4 aliphatic rings. The molecule has 52 heavy (non-hydrogen) atoms. The van der Waals surface area contributed by atoms with Gasteiger partial charge in [-0.2, -0.15) is 0 Å². The molecule has 2 aliphatic carbocycles. The molecule has 0 spiro atoms. The minimum Gasteiger partial charge on any atom is -0.444 e. The first-order valence-electron chi connectivity index (χ1n) is 18.3. The molecular formula is C42H48N6O4. The van der Waals surface area contributed by atoms with Crippen molar-refractivity contribution in [2.75, 3.05) is 0 Å². The van der Waals surface area contributed by atoms with Crippen LogP contribution in [0.1, 0.15) is 116 Å².